The van der Waals surface area contributed by atoms with E-state index < -0.39 is 4.92 Å². The lowest BCUT2D eigenvalue weighted by Gasteiger charge is -2.17. The lowest BCUT2D eigenvalue weighted by Crippen LogP contribution is -2.34. The Morgan fingerprint density at radius 2 is 2.26 bits per heavy atom. The molecule has 0 unspecified atom stereocenters. The van der Waals surface area contributed by atoms with Gasteiger partial charge in [-0.05, 0) is 11.6 Å². The Balaban J connectivity index is 0.00000261. The highest BCUT2D eigenvalue weighted by Crippen LogP contribution is 2.28. The van der Waals surface area contributed by atoms with Gasteiger partial charge in [-0.25, -0.2) is 0 Å². The molecule has 1 aliphatic heterocycles. The molecular formula is C17H22ClN5O4. The second kappa shape index (κ2) is 8.83. The van der Waals surface area contributed by atoms with Crippen molar-refractivity contribution >= 4 is 24.0 Å². The zero-order valence-electron chi connectivity index (χ0n) is 15.0. The molecule has 0 bridgehead atoms. The normalized spacial score (nSPS) is 18.6. The lowest BCUT2D eigenvalue weighted by atomic mass is 9.90. The molecule has 1 amide bonds. The van der Waals surface area contributed by atoms with Crippen LogP contribution in [-0.2, 0) is 18.4 Å². The highest BCUT2D eigenvalue weighted by Gasteiger charge is 2.34. The maximum absolute atomic E-state index is 12.7. The monoisotopic (exact) mass is 395 g/mol. The van der Waals surface area contributed by atoms with Crippen LogP contribution < -0.4 is 15.4 Å². The number of rotatable bonds is 6. The summed E-state index contributed by atoms with van der Waals surface area (Å²) in [4.78, 5) is 23.2. The standard InChI is InChI=1S/C17H21N5O4.ClH/c1-21-10-12(7-20-21)14-8-18-9-15(14)17(23)19-6-11-5-13(22(24)25)3-4-16(11)26-2;/h3-5,7,10,14-15,18H,6,8-9H2,1-2H3,(H,19,23);1H/t14-,15+;/m1./s1. The minimum atomic E-state index is -0.468. The van der Waals surface area contributed by atoms with Crippen molar-refractivity contribution in [3.63, 3.8) is 0 Å². The zero-order chi connectivity index (χ0) is 18.7. The van der Waals surface area contributed by atoms with E-state index in [9.17, 15) is 14.9 Å². The summed E-state index contributed by atoms with van der Waals surface area (Å²) in [6.07, 6.45) is 3.70. The average molecular weight is 396 g/mol. The van der Waals surface area contributed by atoms with Crippen LogP contribution in [0.1, 0.15) is 17.0 Å². The van der Waals surface area contributed by atoms with Gasteiger partial charge in [-0.3, -0.25) is 19.6 Å². The van der Waals surface area contributed by atoms with Crippen molar-refractivity contribution in [1.29, 1.82) is 0 Å². The average Bonchev–Trinajstić information content (AvgIpc) is 3.27. The fourth-order valence-electron chi connectivity index (χ4n) is 3.27. The molecule has 1 aliphatic rings. The molecule has 1 aromatic carbocycles. The molecule has 0 aliphatic carbocycles. The van der Waals surface area contributed by atoms with Gasteiger partial charge in [-0.2, -0.15) is 5.10 Å². The van der Waals surface area contributed by atoms with Gasteiger partial charge in [0.1, 0.15) is 5.75 Å². The Morgan fingerprint density at radius 1 is 1.48 bits per heavy atom. The van der Waals surface area contributed by atoms with Gasteiger partial charge >= 0.3 is 0 Å². The Bertz CT molecular complexity index is 825. The van der Waals surface area contributed by atoms with E-state index in [-0.39, 0.29) is 42.4 Å². The molecule has 9 nitrogen and oxygen atoms in total. The number of ether oxygens (including phenoxy) is 1. The number of benzene rings is 1. The number of carbonyl (C=O) groups is 1. The van der Waals surface area contributed by atoms with Gasteiger partial charge in [0.15, 0.2) is 0 Å². The number of hydrogen-bond donors (Lipinski definition) is 2. The first kappa shape index (κ1) is 20.7. The lowest BCUT2D eigenvalue weighted by molar-refractivity contribution is -0.384. The molecule has 2 heterocycles. The second-order valence-corrected chi connectivity index (χ2v) is 6.29. The van der Waals surface area contributed by atoms with Gasteiger partial charge < -0.3 is 15.4 Å². The Morgan fingerprint density at radius 3 is 2.89 bits per heavy atom. The van der Waals surface area contributed by atoms with E-state index in [4.69, 9.17) is 4.74 Å². The van der Waals surface area contributed by atoms with Gasteiger partial charge in [0.05, 0.1) is 24.1 Å². The number of aryl methyl sites for hydroxylation is 1. The first-order valence-electron chi connectivity index (χ1n) is 8.28. The number of carbonyl (C=O) groups excluding carboxylic acids is 1. The smallest absolute Gasteiger partial charge is 0.270 e. The van der Waals surface area contributed by atoms with Crippen LogP contribution in [-0.4, -0.2) is 40.8 Å². The summed E-state index contributed by atoms with van der Waals surface area (Å²) < 4.78 is 6.95. The molecular weight excluding hydrogens is 374 g/mol. The van der Waals surface area contributed by atoms with Crippen molar-refractivity contribution < 1.29 is 14.5 Å². The molecule has 3 rings (SSSR count). The van der Waals surface area contributed by atoms with Crippen molar-refractivity contribution in [2.45, 2.75) is 12.5 Å². The van der Waals surface area contributed by atoms with Crippen LogP contribution in [0.5, 0.6) is 5.75 Å². The minimum absolute atomic E-state index is 0. The highest BCUT2D eigenvalue weighted by atomic mass is 35.5. The summed E-state index contributed by atoms with van der Waals surface area (Å²) in [6.45, 7) is 1.46. The van der Waals surface area contributed by atoms with Crippen molar-refractivity contribution in [2.75, 3.05) is 20.2 Å². The third kappa shape index (κ3) is 4.55. The molecule has 2 N–H and O–H groups in total. The molecule has 2 atom stereocenters. The molecule has 0 radical (unpaired) electrons. The van der Waals surface area contributed by atoms with Crippen LogP contribution in [0.3, 0.4) is 0 Å². The summed E-state index contributed by atoms with van der Waals surface area (Å²) in [5.74, 6) is 0.237. The molecule has 2 aromatic rings. The molecule has 146 valence electrons. The minimum Gasteiger partial charge on any atom is -0.496 e. The highest BCUT2D eigenvalue weighted by molar-refractivity contribution is 5.85. The van der Waals surface area contributed by atoms with Gasteiger partial charge in [0, 0.05) is 56.5 Å². The number of hydrogen-bond acceptors (Lipinski definition) is 6. The number of amides is 1. The molecule has 1 saturated heterocycles. The molecule has 27 heavy (non-hydrogen) atoms. The zero-order valence-corrected chi connectivity index (χ0v) is 15.9. The fraction of sp³-hybridized carbons (Fsp3) is 0.412. The predicted molar refractivity (Wildman–Crippen MR) is 101 cm³/mol. The second-order valence-electron chi connectivity index (χ2n) is 6.29. The predicted octanol–water partition coefficient (Wildman–Crippen LogP) is 1.38. The number of nitrogens with zero attached hydrogens (tertiary/aromatic N) is 3. The van der Waals surface area contributed by atoms with Crippen LogP contribution in [0.2, 0.25) is 0 Å². The molecule has 1 fully saturated rings. The van der Waals surface area contributed by atoms with E-state index >= 15 is 0 Å². The van der Waals surface area contributed by atoms with E-state index in [0.717, 1.165) is 5.56 Å². The van der Waals surface area contributed by atoms with Gasteiger partial charge in [-0.15, -0.1) is 12.4 Å². The number of nitro groups is 1. The van der Waals surface area contributed by atoms with Gasteiger partial charge in [0.25, 0.3) is 5.69 Å². The van der Waals surface area contributed by atoms with Crippen LogP contribution in [0.25, 0.3) is 0 Å². The fourth-order valence-corrected chi connectivity index (χ4v) is 3.27. The van der Waals surface area contributed by atoms with Crippen LogP contribution in [0.15, 0.2) is 30.6 Å². The number of methoxy groups -OCH3 is 1. The van der Waals surface area contributed by atoms with Crippen LogP contribution in [0, 0.1) is 16.0 Å². The van der Waals surface area contributed by atoms with Crippen molar-refractivity contribution in [1.82, 2.24) is 20.4 Å². The van der Waals surface area contributed by atoms with E-state index in [1.54, 1.807) is 10.9 Å². The Labute approximate surface area is 162 Å². The first-order chi connectivity index (χ1) is 12.5. The summed E-state index contributed by atoms with van der Waals surface area (Å²) >= 11 is 0. The van der Waals surface area contributed by atoms with Crippen LogP contribution in [0.4, 0.5) is 5.69 Å². The first-order valence-corrected chi connectivity index (χ1v) is 8.28. The Kier molecular flexibility index (Phi) is 6.75. The largest absolute Gasteiger partial charge is 0.496 e. The topological polar surface area (TPSA) is 111 Å². The quantitative estimate of drug-likeness (QED) is 0.564. The van der Waals surface area contributed by atoms with Crippen molar-refractivity contribution in [3.8, 4) is 5.75 Å². The molecule has 1 aromatic heterocycles. The summed E-state index contributed by atoms with van der Waals surface area (Å²) in [5, 5.41) is 21.3. The molecule has 0 spiro atoms. The van der Waals surface area contributed by atoms with Gasteiger partial charge in [0.2, 0.25) is 5.91 Å². The maximum atomic E-state index is 12.7. The summed E-state index contributed by atoms with van der Waals surface area (Å²) in [6, 6.07) is 4.34. The molecule has 10 heteroatoms. The van der Waals surface area contributed by atoms with E-state index in [0.29, 0.717) is 24.4 Å². The number of nitrogens with one attached hydrogen (secondary N) is 2. The SMILES string of the molecule is COc1ccc([N+](=O)[O-])cc1CNC(=O)[C@H]1CNC[C@@H]1c1cnn(C)c1.Cl. The Hall–Kier alpha value is -2.65. The van der Waals surface area contributed by atoms with Crippen molar-refractivity contribution in [3.05, 3.63) is 51.8 Å². The van der Waals surface area contributed by atoms with Crippen LogP contribution >= 0.6 is 12.4 Å². The number of non-ortho nitro benzene ring substituents is 1. The molecule has 0 saturated carbocycles. The van der Waals surface area contributed by atoms with Gasteiger partial charge in [-0.1, -0.05) is 0 Å². The third-order valence-electron chi connectivity index (χ3n) is 4.63. The van der Waals surface area contributed by atoms with E-state index in [1.165, 1.54) is 25.3 Å². The number of aromatic nitrogens is 2. The number of nitro benzene ring substituents is 1. The third-order valence-corrected chi connectivity index (χ3v) is 4.63. The number of halogens is 1. The summed E-state index contributed by atoms with van der Waals surface area (Å²) in [7, 11) is 3.33. The van der Waals surface area contributed by atoms with E-state index in [2.05, 4.69) is 15.7 Å². The summed E-state index contributed by atoms with van der Waals surface area (Å²) in [5.41, 5.74) is 1.55. The maximum Gasteiger partial charge on any atom is 0.270 e. The van der Waals surface area contributed by atoms with Crippen molar-refractivity contribution in [2.24, 2.45) is 13.0 Å². The van der Waals surface area contributed by atoms with E-state index in [1.807, 2.05) is 13.2 Å².